The van der Waals surface area contributed by atoms with E-state index < -0.39 is 0 Å². The lowest BCUT2D eigenvalue weighted by Crippen LogP contribution is -2.15. The number of aromatic nitrogens is 2. The predicted octanol–water partition coefficient (Wildman–Crippen LogP) is 1.97. The van der Waals surface area contributed by atoms with Crippen molar-refractivity contribution in [3.8, 4) is 0 Å². The fourth-order valence-corrected chi connectivity index (χ4v) is 1.68. The van der Waals surface area contributed by atoms with Gasteiger partial charge >= 0.3 is 0 Å². The molecule has 0 saturated heterocycles. The Morgan fingerprint density at radius 3 is 2.75 bits per heavy atom. The molecule has 4 nitrogen and oxygen atoms in total. The number of anilines is 1. The zero-order valence-corrected chi connectivity index (χ0v) is 11.0. The third-order valence-corrected chi connectivity index (χ3v) is 2.55. The molecule has 4 heteroatoms. The molecule has 0 fully saturated rings. The van der Waals surface area contributed by atoms with Crippen LogP contribution in [0.1, 0.15) is 25.5 Å². The average molecular weight is 224 g/mol. The van der Waals surface area contributed by atoms with Gasteiger partial charge in [-0.05, 0) is 47.3 Å². The van der Waals surface area contributed by atoms with Crippen LogP contribution in [-0.2, 0) is 6.54 Å². The number of nitrogens with one attached hydrogen (secondary N) is 1. The van der Waals surface area contributed by atoms with E-state index in [9.17, 15) is 0 Å². The van der Waals surface area contributed by atoms with E-state index in [2.05, 4.69) is 47.0 Å². The van der Waals surface area contributed by atoms with Crippen molar-refractivity contribution in [2.45, 2.75) is 33.2 Å². The molecule has 1 aromatic rings. The quantitative estimate of drug-likeness (QED) is 0.719. The number of hydrogen-bond donors (Lipinski definition) is 1. The van der Waals surface area contributed by atoms with Gasteiger partial charge in [0.1, 0.15) is 0 Å². The monoisotopic (exact) mass is 224 g/mol. The van der Waals surface area contributed by atoms with Gasteiger partial charge in [0.15, 0.2) is 0 Å². The number of nitrogens with zero attached hydrogens (tertiary/aromatic N) is 3. The third kappa shape index (κ3) is 4.23. The normalized spacial score (nSPS) is 11.1. The standard InChI is InChI=1S/C12H24N4/c1-5-16-10-11(2)14-12(16)13-8-6-7-9-15(3)4/h10H,5-9H2,1-4H3,(H,13,14). The first-order valence-electron chi connectivity index (χ1n) is 6.06. The van der Waals surface area contributed by atoms with Gasteiger partial charge in [-0.3, -0.25) is 0 Å². The first kappa shape index (κ1) is 13.0. The van der Waals surface area contributed by atoms with Crippen LogP contribution in [-0.4, -0.2) is 41.6 Å². The van der Waals surface area contributed by atoms with Crippen LogP contribution < -0.4 is 5.32 Å². The lowest BCUT2D eigenvalue weighted by Gasteiger charge is -2.10. The summed E-state index contributed by atoms with van der Waals surface area (Å²) in [4.78, 5) is 6.68. The van der Waals surface area contributed by atoms with E-state index in [4.69, 9.17) is 0 Å². The van der Waals surface area contributed by atoms with Gasteiger partial charge in [0.2, 0.25) is 5.95 Å². The van der Waals surface area contributed by atoms with Crippen LogP contribution in [0.15, 0.2) is 6.20 Å². The molecule has 0 bridgehead atoms. The fraction of sp³-hybridized carbons (Fsp3) is 0.750. The summed E-state index contributed by atoms with van der Waals surface area (Å²) < 4.78 is 2.15. The van der Waals surface area contributed by atoms with Gasteiger partial charge in [0.25, 0.3) is 0 Å². The molecule has 0 aromatic carbocycles. The molecular formula is C12H24N4. The van der Waals surface area contributed by atoms with Crippen molar-refractivity contribution < 1.29 is 0 Å². The fourth-order valence-electron chi connectivity index (χ4n) is 1.68. The lowest BCUT2D eigenvalue weighted by molar-refractivity contribution is 0.396. The smallest absolute Gasteiger partial charge is 0.203 e. The summed E-state index contributed by atoms with van der Waals surface area (Å²) in [5.41, 5.74) is 1.08. The Hall–Kier alpha value is -1.03. The molecule has 0 saturated carbocycles. The van der Waals surface area contributed by atoms with E-state index in [0.717, 1.165) is 31.3 Å². The van der Waals surface area contributed by atoms with E-state index >= 15 is 0 Å². The van der Waals surface area contributed by atoms with E-state index in [-0.39, 0.29) is 0 Å². The summed E-state index contributed by atoms with van der Waals surface area (Å²) in [6, 6.07) is 0. The number of hydrogen-bond acceptors (Lipinski definition) is 3. The Morgan fingerprint density at radius 1 is 1.38 bits per heavy atom. The summed E-state index contributed by atoms with van der Waals surface area (Å²) in [7, 11) is 4.22. The van der Waals surface area contributed by atoms with Gasteiger partial charge in [-0.25, -0.2) is 4.98 Å². The van der Waals surface area contributed by atoms with Crippen molar-refractivity contribution in [1.29, 1.82) is 0 Å². The van der Waals surface area contributed by atoms with E-state index in [1.54, 1.807) is 0 Å². The van der Waals surface area contributed by atoms with Crippen LogP contribution >= 0.6 is 0 Å². The molecule has 0 spiro atoms. The molecule has 92 valence electrons. The first-order chi connectivity index (χ1) is 7.63. The van der Waals surface area contributed by atoms with Crippen molar-refractivity contribution in [3.63, 3.8) is 0 Å². The van der Waals surface area contributed by atoms with E-state index in [0.29, 0.717) is 0 Å². The van der Waals surface area contributed by atoms with Crippen LogP contribution in [0.25, 0.3) is 0 Å². The molecule has 0 radical (unpaired) electrons. The molecule has 0 atom stereocenters. The van der Waals surface area contributed by atoms with Crippen molar-refractivity contribution in [2.75, 3.05) is 32.5 Å². The second-order valence-electron chi connectivity index (χ2n) is 4.43. The van der Waals surface area contributed by atoms with Gasteiger partial charge in [-0.1, -0.05) is 0 Å². The van der Waals surface area contributed by atoms with Gasteiger partial charge in [-0.2, -0.15) is 0 Å². The van der Waals surface area contributed by atoms with Crippen LogP contribution in [0, 0.1) is 6.92 Å². The summed E-state index contributed by atoms with van der Waals surface area (Å²) in [5.74, 6) is 1.00. The van der Waals surface area contributed by atoms with E-state index in [1.807, 2.05) is 6.92 Å². The highest BCUT2D eigenvalue weighted by atomic mass is 15.2. The Bertz CT molecular complexity index is 304. The van der Waals surface area contributed by atoms with E-state index in [1.165, 1.54) is 12.8 Å². The second kappa shape index (κ2) is 6.53. The second-order valence-corrected chi connectivity index (χ2v) is 4.43. The predicted molar refractivity (Wildman–Crippen MR) is 68.9 cm³/mol. The minimum Gasteiger partial charge on any atom is -0.356 e. The van der Waals surface area contributed by atoms with Gasteiger partial charge in [0, 0.05) is 19.3 Å². The molecule has 0 amide bonds. The highest BCUT2D eigenvalue weighted by molar-refractivity contribution is 5.28. The molecule has 0 aliphatic heterocycles. The molecule has 0 unspecified atom stereocenters. The number of aryl methyl sites for hydroxylation is 2. The minimum absolute atomic E-state index is 0.973. The van der Waals surface area contributed by atoms with Gasteiger partial charge in [0.05, 0.1) is 5.69 Å². The summed E-state index contributed by atoms with van der Waals surface area (Å²) >= 11 is 0. The van der Waals surface area contributed by atoms with Crippen LogP contribution in [0.4, 0.5) is 5.95 Å². The number of unbranched alkanes of at least 4 members (excludes halogenated alkanes) is 1. The average Bonchev–Trinajstić information content (AvgIpc) is 2.58. The maximum atomic E-state index is 4.46. The Morgan fingerprint density at radius 2 is 2.12 bits per heavy atom. The van der Waals surface area contributed by atoms with Gasteiger partial charge in [-0.15, -0.1) is 0 Å². The summed E-state index contributed by atoms with van der Waals surface area (Å²) in [6.45, 7) is 7.30. The van der Waals surface area contributed by atoms with Crippen molar-refractivity contribution >= 4 is 5.95 Å². The third-order valence-electron chi connectivity index (χ3n) is 2.55. The summed E-state index contributed by atoms with van der Waals surface area (Å²) in [6.07, 6.45) is 4.50. The van der Waals surface area contributed by atoms with Crippen LogP contribution in [0.2, 0.25) is 0 Å². The number of imidazole rings is 1. The topological polar surface area (TPSA) is 33.1 Å². The minimum atomic E-state index is 0.973. The molecule has 0 aliphatic rings. The SMILES string of the molecule is CCn1cc(C)nc1NCCCCN(C)C. The van der Waals surface area contributed by atoms with Crippen molar-refractivity contribution in [3.05, 3.63) is 11.9 Å². The van der Waals surface area contributed by atoms with Crippen molar-refractivity contribution in [1.82, 2.24) is 14.5 Å². The molecular weight excluding hydrogens is 200 g/mol. The Balaban J connectivity index is 2.26. The molecule has 1 heterocycles. The zero-order chi connectivity index (χ0) is 12.0. The molecule has 16 heavy (non-hydrogen) atoms. The maximum Gasteiger partial charge on any atom is 0.203 e. The Kier molecular flexibility index (Phi) is 5.32. The highest BCUT2D eigenvalue weighted by Crippen LogP contribution is 2.08. The van der Waals surface area contributed by atoms with Crippen LogP contribution in [0.5, 0.6) is 0 Å². The molecule has 1 rings (SSSR count). The first-order valence-corrected chi connectivity index (χ1v) is 6.06. The molecule has 0 aliphatic carbocycles. The maximum absolute atomic E-state index is 4.46. The number of rotatable bonds is 7. The summed E-state index contributed by atoms with van der Waals surface area (Å²) in [5, 5.41) is 3.39. The molecule has 1 N–H and O–H groups in total. The van der Waals surface area contributed by atoms with Crippen molar-refractivity contribution in [2.24, 2.45) is 0 Å². The molecule has 1 aromatic heterocycles. The lowest BCUT2D eigenvalue weighted by atomic mass is 10.3. The highest BCUT2D eigenvalue weighted by Gasteiger charge is 2.02. The zero-order valence-electron chi connectivity index (χ0n) is 11.0. The largest absolute Gasteiger partial charge is 0.356 e. The Labute approximate surface area is 98.7 Å². The van der Waals surface area contributed by atoms with Gasteiger partial charge < -0.3 is 14.8 Å². The van der Waals surface area contributed by atoms with Crippen LogP contribution in [0.3, 0.4) is 0 Å².